The highest BCUT2D eigenvalue weighted by Gasteiger charge is 2.05. The van der Waals surface area contributed by atoms with Gasteiger partial charge in [0.15, 0.2) is 5.96 Å². The van der Waals surface area contributed by atoms with Gasteiger partial charge in [0.25, 0.3) is 0 Å². The lowest BCUT2D eigenvalue weighted by molar-refractivity contribution is 0.145. The molecule has 6 heteroatoms. The predicted molar refractivity (Wildman–Crippen MR) is 102 cm³/mol. The number of benzene rings is 1. The Kier molecular flexibility index (Phi) is 11.6. The number of nitrogens with one attached hydrogen (secondary N) is 2. The van der Waals surface area contributed by atoms with E-state index in [0.29, 0.717) is 26.3 Å². The number of rotatable bonds is 8. The van der Waals surface area contributed by atoms with Crippen LogP contribution in [0, 0.1) is 6.92 Å². The number of nitrogens with zero attached hydrogens (tertiary/aromatic N) is 1. The summed E-state index contributed by atoms with van der Waals surface area (Å²) in [7, 11) is 3.40. The van der Waals surface area contributed by atoms with Crippen LogP contribution in [0.1, 0.15) is 11.1 Å². The molecular formula is C16H26IN3O2. The van der Waals surface area contributed by atoms with Gasteiger partial charge in [0.2, 0.25) is 0 Å². The second-order valence-electron chi connectivity index (χ2n) is 4.55. The molecule has 1 aromatic carbocycles. The molecule has 0 heterocycles. The fraction of sp³-hybridized carbons (Fsp3) is 0.438. The Labute approximate surface area is 150 Å². The Morgan fingerprint density at radius 1 is 1.32 bits per heavy atom. The summed E-state index contributed by atoms with van der Waals surface area (Å²) in [4.78, 5) is 4.15. The van der Waals surface area contributed by atoms with Gasteiger partial charge in [-0.2, -0.15) is 0 Å². The molecule has 1 aromatic rings. The molecule has 0 atom stereocenters. The van der Waals surface area contributed by atoms with E-state index in [1.807, 2.05) is 13.0 Å². The number of aliphatic imine (C=N–C) groups is 1. The van der Waals surface area contributed by atoms with E-state index < -0.39 is 0 Å². The van der Waals surface area contributed by atoms with Crippen molar-refractivity contribution in [1.29, 1.82) is 0 Å². The van der Waals surface area contributed by atoms with Crippen LogP contribution in [0.2, 0.25) is 0 Å². The summed E-state index contributed by atoms with van der Waals surface area (Å²) in [5.74, 6) is 1.61. The average Bonchev–Trinajstić information content (AvgIpc) is 2.49. The molecule has 0 amide bonds. The van der Waals surface area contributed by atoms with Crippen molar-refractivity contribution in [2.24, 2.45) is 4.99 Å². The maximum Gasteiger partial charge on any atom is 0.191 e. The number of halogens is 1. The molecule has 0 unspecified atom stereocenters. The van der Waals surface area contributed by atoms with Crippen molar-refractivity contribution in [3.05, 3.63) is 42.0 Å². The first-order valence-corrected chi connectivity index (χ1v) is 6.98. The summed E-state index contributed by atoms with van der Waals surface area (Å²) in [6.07, 6.45) is 1.79. The average molecular weight is 419 g/mol. The van der Waals surface area contributed by atoms with Crippen LogP contribution in [0.5, 0.6) is 5.75 Å². The summed E-state index contributed by atoms with van der Waals surface area (Å²) >= 11 is 0. The zero-order valence-corrected chi connectivity index (χ0v) is 15.8. The molecule has 0 radical (unpaired) electrons. The Balaban J connectivity index is 0.00000441. The SMILES string of the molecule is C=CCNC(=NC)NCc1ccc(C)cc1OCCOC.I. The summed E-state index contributed by atoms with van der Waals surface area (Å²) in [6, 6.07) is 6.16. The smallest absolute Gasteiger partial charge is 0.191 e. The minimum absolute atomic E-state index is 0. The van der Waals surface area contributed by atoms with Crippen molar-refractivity contribution < 1.29 is 9.47 Å². The highest BCUT2D eigenvalue weighted by molar-refractivity contribution is 14.0. The quantitative estimate of drug-likeness (QED) is 0.224. The van der Waals surface area contributed by atoms with E-state index in [0.717, 1.165) is 17.3 Å². The molecule has 0 fully saturated rings. The lowest BCUT2D eigenvalue weighted by Gasteiger charge is -2.15. The van der Waals surface area contributed by atoms with Gasteiger partial charge in [-0.15, -0.1) is 30.6 Å². The van der Waals surface area contributed by atoms with Crippen LogP contribution in [0.25, 0.3) is 0 Å². The number of ether oxygens (including phenoxy) is 2. The number of hydrogen-bond donors (Lipinski definition) is 2. The molecular weight excluding hydrogens is 393 g/mol. The minimum Gasteiger partial charge on any atom is -0.491 e. The lowest BCUT2D eigenvalue weighted by atomic mass is 10.1. The van der Waals surface area contributed by atoms with E-state index in [1.165, 1.54) is 5.56 Å². The van der Waals surface area contributed by atoms with Crippen LogP contribution < -0.4 is 15.4 Å². The van der Waals surface area contributed by atoms with Gasteiger partial charge < -0.3 is 20.1 Å². The normalized spacial score (nSPS) is 10.6. The zero-order chi connectivity index (χ0) is 15.5. The van der Waals surface area contributed by atoms with Crippen LogP contribution >= 0.6 is 24.0 Å². The maximum absolute atomic E-state index is 5.76. The number of guanidine groups is 1. The van der Waals surface area contributed by atoms with E-state index in [9.17, 15) is 0 Å². The molecule has 22 heavy (non-hydrogen) atoms. The first-order chi connectivity index (χ1) is 10.2. The minimum atomic E-state index is 0. The van der Waals surface area contributed by atoms with Crippen molar-refractivity contribution in [2.75, 3.05) is 33.9 Å². The van der Waals surface area contributed by atoms with Crippen LogP contribution in [-0.2, 0) is 11.3 Å². The van der Waals surface area contributed by atoms with E-state index >= 15 is 0 Å². The summed E-state index contributed by atoms with van der Waals surface area (Å²) in [5, 5.41) is 6.38. The van der Waals surface area contributed by atoms with Gasteiger partial charge in [-0.3, -0.25) is 4.99 Å². The highest BCUT2D eigenvalue weighted by atomic mass is 127. The van der Waals surface area contributed by atoms with Crippen molar-refractivity contribution >= 4 is 29.9 Å². The summed E-state index contributed by atoms with van der Waals surface area (Å²) in [6.45, 7) is 8.14. The summed E-state index contributed by atoms with van der Waals surface area (Å²) < 4.78 is 10.8. The van der Waals surface area contributed by atoms with Gasteiger partial charge in [0, 0.05) is 32.8 Å². The molecule has 0 aliphatic heterocycles. The maximum atomic E-state index is 5.76. The van der Waals surface area contributed by atoms with Gasteiger partial charge in [-0.25, -0.2) is 0 Å². The Morgan fingerprint density at radius 3 is 2.73 bits per heavy atom. The molecule has 5 nitrogen and oxygen atoms in total. The van der Waals surface area contributed by atoms with Crippen LogP contribution in [0.15, 0.2) is 35.8 Å². The lowest BCUT2D eigenvalue weighted by Crippen LogP contribution is -2.36. The second-order valence-corrected chi connectivity index (χ2v) is 4.55. The van der Waals surface area contributed by atoms with Crippen molar-refractivity contribution in [2.45, 2.75) is 13.5 Å². The van der Waals surface area contributed by atoms with Gasteiger partial charge >= 0.3 is 0 Å². The molecule has 0 saturated heterocycles. The first-order valence-electron chi connectivity index (χ1n) is 6.98. The molecule has 0 bridgehead atoms. The Hall–Kier alpha value is -1.28. The van der Waals surface area contributed by atoms with Gasteiger partial charge in [-0.05, 0) is 18.6 Å². The van der Waals surface area contributed by atoms with E-state index in [1.54, 1.807) is 20.2 Å². The Bertz CT molecular complexity index is 478. The van der Waals surface area contributed by atoms with E-state index in [2.05, 4.69) is 34.3 Å². The van der Waals surface area contributed by atoms with E-state index in [-0.39, 0.29) is 24.0 Å². The molecule has 0 aliphatic rings. The van der Waals surface area contributed by atoms with Crippen LogP contribution in [0.3, 0.4) is 0 Å². The van der Waals surface area contributed by atoms with Crippen LogP contribution in [-0.4, -0.2) is 39.9 Å². The van der Waals surface area contributed by atoms with Gasteiger partial charge in [-0.1, -0.05) is 18.2 Å². The number of hydrogen-bond acceptors (Lipinski definition) is 3. The molecule has 1 rings (SSSR count). The topological polar surface area (TPSA) is 54.9 Å². The molecule has 124 valence electrons. The van der Waals surface area contributed by atoms with Crippen molar-refractivity contribution in [3.8, 4) is 5.75 Å². The molecule has 0 spiro atoms. The first kappa shape index (κ1) is 20.7. The monoisotopic (exact) mass is 419 g/mol. The van der Waals surface area contributed by atoms with Crippen molar-refractivity contribution in [3.63, 3.8) is 0 Å². The zero-order valence-electron chi connectivity index (χ0n) is 13.5. The molecule has 0 aromatic heterocycles. The second kappa shape index (κ2) is 12.3. The fourth-order valence-corrected chi connectivity index (χ4v) is 1.75. The number of aryl methyl sites for hydroxylation is 1. The third-order valence-electron chi connectivity index (χ3n) is 2.85. The fourth-order valence-electron chi connectivity index (χ4n) is 1.75. The third kappa shape index (κ3) is 7.65. The van der Waals surface area contributed by atoms with Crippen molar-refractivity contribution in [1.82, 2.24) is 10.6 Å². The molecule has 0 saturated carbocycles. The standard InChI is InChI=1S/C16H25N3O2.HI/c1-5-8-18-16(17-3)19-12-14-7-6-13(2)11-15(14)21-10-9-20-4;/h5-7,11H,1,8-10,12H2,2-4H3,(H2,17,18,19);1H. The highest BCUT2D eigenvalue weighted by Crippen LogP contribution is 2.20. The molecule has 0 aliphatic carbocycles. The number of methoxy groups -OCH3 is 1. The van der Waals surface area contributed by atoms with Gasteiger partial charge in [0.1, 0.15) is 12.4 Å². The summed E-state index contributed by atoms with van der Waals surface area (Å²) in [5.41, 5.74) is 2.25. The van der Waals surface area contributed by atoms with E-state index in [4.69, 9.17) is 9.47 Å². The van der Waals surface area contributed by atoms with Crippen LogP contribution in [0.4, 0.5) is 0 Å². The molecule has 2 N–H and O–H groups in total. The largest absolute Gasteiger partial charge is 0.491 e. The van der Waals surface area contributed by atoms with Gasteiger partial charge in [0.05, 0.1) is 6.61 Å². The Morgan fingerprint density at radius 2 is 2.09 bits per heavy atom. The predicted octanol–water partition coefficient (Wildman–Crippen LogP) is 2.49. The third-order valence-corrected chi connectivity index (χ3v) is 2.85.